The normalized spacial score (nSPS) is 15.0. The van der Waals surface area contributed by atoms with Crippen molar-refractivity contribution in [2.24, 2.45) is 0 Å². The molecule has 0 bridgehead atoms. The van der Waals surface area contributed by atoms with E-state index in [4.69, 9.17) is 0 Å². The predicted octanol–water partition coefficient (Wildman–Crippen LogP) is 2.35. The van der Waals surface area contributed by atoms with E-state index in [2.05, 4.69) is 4.72 Å². The minimum absolute atomic E-state index is 0.0181. The van der Waals surface area contributed by atoms with Crippen LogP contribution in [0.15, 0.2) is 48.5 Å². The van der Waals surface area contributed by atoms with Crippen molar-refractivity contribution in [3.8, 4) is 0 Å². The first-order chi connectivity index (χ1) is 13.7. The number of benzene rings is 2. The van der Waals surface area contributed by atoms with Crippen LogP contribution < -0.4 is 4.72 Å². The number of rotatable bonds is 4. The molecule has 0 spiro atoms. The maximum atomic E-state index is 12.8. The molecule has 1 N–H and O–H groups in total. The molecule has 1 heterocycles. The molecule has 8 heteroatoms. The maximum Gasteiger partial charge on any atom is 0.253 e. The monoisotopic (exact) mass is 415 g/mol. The molecule has 2 aromatic carbocycles. The third-order valence-electron chi connectivity index (χ3n) is 4.80. The second-order valence-electron chi connectivity index (χ2n) is 7.26. The van der Waals surface area contributed by atoms with E-state index in [1.54, 1.807) is 34.1 Å². The third kappa shape index (κ3) is 5.57. The Kier molecular flexibility index (Phi) is 6.22. The fourth-order valence-corrected chi connectivity index (χ4v) is 3.84. The highest BCUT2D eigenvalue weighted by Crippen LogP contribution is 2.15. The SMILES string of the molecule is Cc1ccc(C(=O)N2CCCN(C(=O)c3ccc(NS(C)(=O)=O)cc3)CC2)cc1. The van der Waals surface area contributed by atoms with Crippen molar-refractivity contribution in [1.29, 1.82) is 0 Å². The maximum absolute atomic E-state index is 12.8. The average molecular weight is 416 g/mol. The molecule has 0 saturated carbocycles. The van der Waals surface area contributed by atoms with Crippen molar-refractivity contribution in [3.05, 3.63) is 65.2 Å². The van der Waals surface area contributed by atoms with Gasteiger partial charge in [-0.3, -0.25) is 14.3 Å². The summed E-state index contributed by atoms with van der Waals surface area (Å²) in [5.74, 6) is -0.143. The van der Waals surface area contributed by atoms with Crippen molar-refractivity contribution in [1.82, 2.24) is 9.80 Å². The lowest BCUT2D eigenvalue weighted by molar-refractivity contribution is 0.0719. The standard InChI is InChI=1S/C21H25N3O4S/c1-16-4-6-17(7-5-16)20(25)23-12-3-13-24(15-14-23)21(26)18-8-10-19(11-9-18)22-29(2,27)28/h4-11,22H,3,12-15H2,1-2H3. The summed E-state index contributed by atoms with van der Waals surface area (Å²) in [5, 5.41) is 0. The van der Waals surface area contributed by atoms with Gasteiger partial charge in [0.25, 0.3) is 11.8 Å². The molecule has 1 fully saturated rings. The molecular formula is C21H25N3O4S. The lowest BCUT2D eigenvalue weighted by Gasteiger charge is -2.22. The third-order valence-corrected chi connectivity index (χ3v) is 5.41. The van der Waals surface area contributed by atoms with E-state index < -0.39 is 10.0 Å². The number of anilines is 1. The molecule has 0 unspecified atom stereocenters. The summed E-state index contributed by atoms with van der Waals surface area (Å²) < 4.78 is 25.0. The van der Waals surface area contributed by atoms with Gasteiger partial charge in [-0.1, -0.05) is 17.7 Å². The summed E-state index contributed by atoms with van der Waals surface area (Å²) in [6.07, 6.45) is 1.78. The van der Waals surface area contributed by atoms with E-state index in [9.17, 15) is 18.0 Å². The van der Waals surface area contributed by atoms with Gasteiger partial charge in [-0.15, -0.1) is 0 Å². The molecule has 29 heavy (non-hydrogen) atoms. The summed E-state index contributed by atoms with van der Waals surface area (Å²) in [4.78, 5) is 29.1. The zero-order valence-electron chi connectivity index (χ0n) is 16.6. The van der Waals surface area contributed by atoms with Crippen LogP contribution in [0.4, 0.5) is 5.69 Å². The Labute approximate surface area is 171 Å². The molecule has 1 saturated heterocycles. The molecule has 0 aliphatic carbocycles. The van der Waals surface area contributed by atoms with Gasteiger partial charge in [-0.05, 0) is 49.7 Å². The smallest absolute Gasteiger partial charge is 0.253 e. The van der Waals surface area contributed by atoms with Gasteiger partial charge < -0.3 is 9.80 Å². The van der Waals surface area contributed by atoms with Crippen LogP contribution in [0.25, 0.3) is 0 Å². The molecule has 1 aliphatic rings. The predicted molar refractivity (Wildman–Crippen MR) is 113 cm³/mol. The van der Waals surface area contributed by atoms with Crippen LogP contribution in [0, 0.1) is 6.92 Å². The van der Waals surface area contributed by atoms with Gasteiger partial charge in [0.15, 0.2) is 0 Å². The first kappa shape index (κ1) is 20.9. The van der Waals surface area contributed by atoms with Gasteiger partial charge in [-0.2, -0.15) is 0 Å². The van der Waals surface area contributed by atoms with E-state index in [0.29, 0.717) is 49.4 Å². The van der Waals surface area contributed by atoms with E-state index in [1.165, 1.54) is 0 Å². The molecule has 2 amide bonds. The second kappa shape index (κ2) is 8.65. The number of hydrogen-bond acceptors (Lipinski definition) is 4. The van der Waals surface area contributed by atoms with E-state index in [-0.39, 0.29) is 11.8 Å². The number of carbonyl (C=O) groups is 2. The number of carbonyl (C=O) groups excluding carboxylic acids is 2. The van der Waals surface area contributed by atoms with Crippen molar-refractivity contribution >= 4 is 27.5 Å². The van der Waals surface area contributed by atoms with E-state index in [0.717, 1.165) is 11.8 Å². The zero-order chi connectivity index (χ0) is 21.0. The summed E-state index contributed by atoms with van der Waals surface area (Å²) >= 11 is 0. The molecule has 0 atom stereocenters. The Bertz CT molecular complexity index is 986. The van der Waals surface area contributed by atoms with Gasteiger partial charge in [0, 0.05) is 43.0 Å². The fourth-order valence-electron chi connectivity index (χ4n) is 3.28. The lowest BCUT2D eigenvalue weighted by atomic mass is 10.1. The van der Waals surface area contributed by atoms with Gasteiger partial charge in [-0.25, -0.2) is 8.42 Å². The molecule has 154 valence electrons. The van der Waals surface area contributed by atoms with Gasteiger partial charge in [0.1, 0.15) is 0 Å². The van der Waals surface area contributed by atoms with Crippen molar-refractivity contribution in [2.75, 3.05) is 37.2 Å². The fraction of sp³-hybridized carbons (Fsp3) is 0.333. The zero-order valence-corrected chi connectivity index (χ0v) is 17.4. The first-order valence-electron chi connectivity index (χ1n) is 9.46. The topological polar surface area (TPSA) is 86.8 Å². The Morgan fingerprint density at radius 1 is 0.793 bits per heavy atom. The number of hydrogen-bond donors (Lipinski definition) is 1. The highest BCUT2D eigenvalue weighted by atomic mass is 32.2. The summed E-state index contributed by atoms with van der Waals surface area (Å²) in [6, 6.07) is 13.9. The quantitative estimate of drug-likeness (QED) is 0.831. The Morgan fingerprint density at radius 3 is 1.69 bits per heavy atom. The molecule has 0 aromatic heterocycles. The minimum Gasteiger partial charge on any atom is -0.337 e. The number of aryl methyl sites for hydroxylation is 1. The van der Waals surface area contributed by atoms with Gasteiger partial charge in [0.05, 0.1) is 6.26 Å². The van der Waals surface area contributed by atoms with Crippen LogP contribution in [0.5, 0.6) is 0 Å². The Hall–Kier alpha value is -2.87. The van der Waals surface area contributed by atoms with Crippen LogP contribution >= 0.6 is 0 Å². The summed E-state index contributed by atoms with van der Waals surface area (Å²) in [6.45, 7) is 4.09. The molecule has 7 nitrogen and oxygen atoms in total. The van der Waals surface area contributed by atoms with Crippen molar-refractivity contribution < 1.29 is 18.0 Å². The second-order valence-corrected chi connectivity index (χ2v) is 9.00. The van der Waals surface area contributed by atoms with Crippen LogP contribution in [0.1, 0.15) is 32.7 Å². The number of nitrogens with zero attached hydrogens (tertiary/aromatic N) is 2. The highest BCUT2D eigenvalue weighted by Gasteiger charge is 2.23. The molecule has 2 aromatic rings. The Morgan fingerprint density at radius 2 is 1.24 bits per heavy atom. The first-order valence-corrected chi connectivity index (χ1v) is 11.4. The lowest BCUT2D eigenvalue weighted by Crippen LogP contribution is -2.37. The number of nitrogens with one attached hydrogen (secondary N) is 1. The number of sulfonamides is 1. The van der Waals surface area contributed by atoms with Crippen LogP contribution in [0.2, 0.25) is 0 Å². The minimum atomic E-state index is -3.36. The van der Waals surface area contributed by atoms with Crippen LogP contribution in [-0.2, 0) is 10.0 Å². The van der Waals surface area contributed by atoms with E-state index in [1.807, 2.05) is 31.2 Å². The Balaban J connectivity index is 1.63. The largest absolute Gasteiger partial charge is 0.337 e. The average Bonchev–Trinajstić information content (AvgIpc) is 2.93. The van der Waals surface area contributed by atoms with Crippen LogP contribution in [0.3, 0.4) is 0 Å². The summed E-state index contributed by atoms with van der Waals surface area (Å²) in [5.41, 5.74) is 2.66. The molecule has 0 radical (unpaired) electrons. The van der Waals surface area contributed by atoms with E-state index >= 15 is 0 Å². The van der Waals surface area contributed by atoms with Crippen molar-refractivity contribution in [2.45, 2.75) is 13.3 Å². The van der Waals surface area contributed by atoms with Gasteiger partial charge >= 0.3 is 0 Å². The van der Waals surface area contributed by atoms with Gasteiger partial charge in [0.2, 0.25) is 10.0 Å². The van der Waals surface area contributed by atoms with Crippen LogP contribution in [-0.4, -0.2) is 62.5 Å². The molecule has 3 rings (SSSR count). The van der Waals surface area contributed by atoms with Crippen molar-refractivity contribution in [3.63, 3.8) is 0 Å². The summed E-state index contributed by atoms with van der Waals surface area (Å²) in [7, 11) is -3.36. The number of amides is 2. The highest BCUT2D eigenvalue weighted by molar-refractivity contribution is 7.92. The molecule has 1 aliphatic heterocycles. The molecular weight excluding hydrogens is 390 g/mol.